The van der Waals surface area contributed by atoms with Crippen LogP contribution in [0.3, 0.4) is 0 Å². The normalized spacial score (nSPS) is 14.6. The van der Waals surface area contributed by atoms with E-state index >= 15 is 0 Å². The molecular weight excluding hydrogens is 348 g/mol. The lowest BCUT2D eigenvalue weighted by atomic mass is 10.1. The lowest BCUT2D eigenvalue weighted by molar-refractivity contribution is 0.0726. The average Bonchev–Trinajstić information content (AvgIpc) is 3.08. The van der Waals surface area contributed by atoms with E-state index in [0.717, 1.165) is 31.5 Å². The molecule has 1 aliphatic rings. The first-order chi connectivity index (χ1) is 12.7. The Balaban J connectivity index is 1.82. The number of piperidine rings is 1. The molecule has 0 spiro atoms. The zero-order valence-electron chi connectivity index (χ0n) is 14.6. The number of ether oxygens (including phenoxy) is 1. The van der Waals surface area contributed by atoms with Crippen molar-refractivity contribution in [1.82, 2.24) is 14.9 Å². The van der Waals surface area contributed by atoms with Gasteiger partial charge in [-0.1, -0.05) is 30.3 Å². The number of nitrogens with zero attached hydrogens (tertiary/aromatic N) is 3. The van der Waals surface area contributed by atoms with Crippen molar-refractivity contribution < 1.29 is 9.53 Å². The van der Waals surface area contributed by atoms with Crippen LogP contribution in [0.25, 0.3) is 21.6 Å². The molecule has 0 atom stereocenters. The molecule has 0 aliphatic carbocycles. The third kappa shape index (κ3) is 2.88. The van der Waals surface area contributed by atoms with Crippen molar-refractivity contribution in [1.29, 1.82) is 0 Å². The number of anilines is 1. The SMILES string of the molecule is COc1c(C(=O)N2CCCCC2)sc2nc(-c3ccccc3)nc(N)c12. The summed E-state index contributed by atoms with van der Waals surface area (Å²) in [6.45, 7) is 1.57. The van der Waals surface area contributed by atoms with Crippen LogP contribution < -0.4 is 10.5 Å². The summed E-state index contributed by atoms with van der Waals surface area (Å²) in [5.74, 6) is 1.36. The molecule has 6 nitrogen and oxygen atoms in total. The summed E-state index contributed by atoms with van der Waals surface area (Å²) in [5.41, 5.74) is 7.10. The first-order valence-electron chi connectivity index (χ1n) is 8.67. The highest BCUT2D eigenvalue weighted by molar-refractivity contribution is 7.21. The predicted molar refractivity (Wildman–Crippen MR) is 104 cm³/mol. The van der Waals surface area contributed by atoms with Crippen LogP contribution in [0.5, 0.6) is 5.75 Å². The molecule has 3 heterocycles. The number of fused-ring (bicyclic) bond motifs is 1. The van der Waals surface area contributed by atoms with Gasteiger partial charge in [-0.05, 0) is 19.3 Å². The van der Waals surface area contributed by atoms with E-state index in [-0.39, 0.29) is 5.91 Å². The topological polar surface area (TPSA) is 81.3 Å². The van der Waals surface area contributed by atoms with Gasteiger partial charge in [-0.3, -0.25) is 4.79 Å². The van der Waals surface area contributed by atoms with Gasteiger partial charge in [0.1, 0.15) is 15.5 Å². The third-order valence-corrected chi connectivity index (χ3v) is 5.66. The van der Waals surface area contributed by atoms with E-state index in [0.29, 0.717) is 32.5 Å². The number of carbonyl (C=O) groups is 1. The Morgan fingerprint density at radius 2 is 1.88 bits per heavy atom. The number of nitrogen functional groups attached to an aromatic ring is 1. The maximum Gasteiger partial charge on any atom is 0.267 e. The predicted octanol–water partition coefficient (Wildman–Crippen LogP) is 3.58. The second kappa shape index (κ2) is 6.92. The molecule has 1 amide bonds. The minimum Gasteiger partial charge on any atom is -0.494 e. The van der Waals surface area contributed by atoms with Crippen LogP contribution in [-0.2, 0) is 0 Å². The molecule has 1 saturated heterocycles. The zero-order chi connectivity index (χ0) is 18.1. The largest absolute Gasteiger partial charge is 0.494 e. The van der Waals surface area contributed by atoms with Crippen LogP contribution in [0, 0.1) is 0 Å². The summed E-state index contributed by atoms with van der Waals surface area (Å²) in [4.78, 5) is 25.2. The number of likely N-dealkylation sites (tertiary alicyclic amines) is 1. The van der Waals surface area contributed by atoms with Crippen molar-refractivity contribution in [3.8, 4) is 17.1 Å². The van der Waals surface area contributed by atoms with E-state index in [2.05, 4.69) is 9.97 Å². The van der Waals surface area contributed by atoms with E-state index < -0.39 is 0 Å². The van der Waals surface area contributed by atoms with Crippen molar-refractivity contribution >= 4 is 33.3 Å². The van der Waals surface area contributed by atoms with Crippen LogP contribution >= 0.6 is 11.3 Å². The third-order valence-electron chi connectivity index (χ3n) is 4.61. The van der Waals surface area contributed by atoms with Crippen molar-refractivity contribution in [2.45, 2.75) is 19.3 Å². The van der Waals surface area contributed by atoms with Crippen molar-refractivity contribution in [2.24, 2.45) is 0 Å². The Bertz CT molecular complexity index is 949. The molecule has 0 saturated carbocycles. The minimum absolute atomic E-state index is 0.00906. The van der Waals surface area contributed by atoms with Crippen LogP contribution in [0.1, 0.15) is 28.9 Å². The second-order valence-corrected chi connectivity index (χ2v) is 7.29. The highest BCUT2D eigenvalue weighted by Crippen LogP contribution is 2.41. The van der Waals surface area contributed by atoms with Gasteiger partial charge >= 0.3 is 0 Å². The highest BCUT2D eigenvalue weighted by atomic mass is 32.1. The number of aromatic nitrogens is 2. The summed E-state index contributed by atoms with van der Waals surface area (Å²) < 4.78 is 5.54. The first kappa shape index (κ1) is 16.8. The van der Waals surface area contributed by atoms with E-state index in [1.807, 2.05) is 35.2 Å². The van der Waals surface area contributed by atoms with Gasteiger partial charge in [0.25, 0.3) is 5.91 Å². The van der Waals surface area contributed by atoms with Gasteiger partial charge in [-0.15, -0.1) is 11.3 Å². The van der Waals surface area contributed by atoms with E-state index in [1.54, 1.807) is 7.11 Å². The number of rotatable bonds is 3. The van der Waals surface area contributed by atoms with Gasteiger partial charge < -0.3 is 15.4 Å². The standard InChI is InChI=1S/C19H20N4O2S/c1-25-14-13-16(20)21-17(12-8-4-2-5-9-12)22-18(13)26-15(14)19(24)23-10-6-3-7-11-23/h2,4-5,8-9H,3,6-7,10-11H2,1H3,(H2,20,21,22). The molecule has 0 bridgehead atoms. The quantitative estimate of drug-likeness (QED) is 0.764. The molecule has 1 aromatic carbocycles. The first-order valence-corrected chi connectivity index (χ1v) is 9.49. The molecule has 2 aromatic heterocycles. The lowest BCUT2D eigenvalue weighted by Gasteiger charge is -2.26. The van der Waals surface area contributed by atoms with Gasteiger partial charge in [0, 0.05) is 18.7 Å². The number of carbonyl (C=O) groups excluding carboxylic acids is 1. The summed E-state index contributed by atoms with van der Waals surface area (Å²) in [6, 6.07) is 9.67. The summed E-state index contributed by atoms with van der Waals surface area (Å²) in [5, 5.41) is 0.623. The summed E-state index contributed by atoms with van der Waals surface area (Å²) in [6.07, 6.45) is 3.25. The summed E-state index contributed by atoms with van der Waals surface area (Å²) >= 11 is 1.33. The Hall–Kier alpha value is -2.67. The number of nitrogens with two attached hydrogens (primary N) is 1. The summed E-state index contributed by atoms with van der Waals surface area (Å²) in [7, 11) is 1.55. The number of hydrogen-bond donors (Lipinski definition) is 1. The van der Waals surface area contributed by atoms with Gasteiger partial charge in [0.2, 0.25) is 0 Å². The molecule has 134 valence electrons. The van der Waals surface area contributed by atoms with E-state index in [9.17, 15) is 4.79 Å². The minimum atomic E-state index is -0.00906. The Labute approximate surface area is 155 Å². The molecular formula is C19H20N4O2S. The van der Waals surface area contributed by atoms with Crippen LogP contribution in [-0.4, -0.2) is 41.0 Å². The van der Waals surface area contributed by atoms with Crippen molar-refractivity contribution in [3.63, 3.8) is 0 Å². The number of hydrogen-bond acceptors (Lipinski definition) is 6. The van der Waals surface area contributed by atoms with Crippen LogP contribution in [0.2, 0.25) is 0 Å². The van der Waals surface area contributed by atoms with Gasteiger partial charge in [0.15, 0.2) is 11.6 Å². The fourth-order valence-electron chi connectivity index (χ4n) is 3.29. The highest BCUT2D eigenvalue weighted by Gasteiger charge is 2.27. The van der Waals surface area contributed by atoms with Crippen molar-refractivity contribution in [2.75, 3.05) is 25.9 Å². The molecule has 0 radical (unpaired) electrons. The van der Waals surface area contributed by atoms with Gasteiger partial charge in [-0.2, -0.15) is 0 Å². The molecule has 1 aliphatic heterocycles. The van der Waals surface area contributed by atoms with Crippen molar-refractivity contribution in [3.05, 3.63) is 35.2 Å². The average molecular weight is 368 g/mol. The van der Waals surface area contributed by atoms with Gasteiger partial charge in [0.05, 0.1) is 12.5 Å². The monoisotopic (exact) mass is 368 g/mol. The maximum atomic E-state index is 13.0. The maximum absolute atomic E-state index is 13.0. The fraction of sp³-hybridized carbons (Fsp3) is 0.316. The molecule has 4 rings (SSSR count). The Kier molecular flexibility index (Phi) is 4.46. The molecule has 0 unspecified atom stereocenters. The number of methoxy groups -OCH3 is 1. The van der Waals surface area contributed by atoms with Crippen LogP contribution in [0.15, 0.2) is 30.3 Å². The molecule has 3 aromatic rings. The fourth-order valence-corrected chi connectivity index (χ4v) is 4.41. The number of amides is 1. The number of benzene rings is 1. The molecule has 1 fully saturated rings. The molecule has 2 N–H and O–H groups in total. The van der Waals surface area contributed by atoms with Crippen LogP contribution in [0.4, 0.5) is 5.82 Å². The molecule has 7 heteroatoms. The Morgan fingerprint density at radius 1 is 1.15 bits per heavy atom. The smallest absolute Gasteiger partial charge is 0.267 e. The second-order valence-electron chi connectivity index (χ2n) is 6.30. The van der Waals surface area contributed by atoms with E-state index in [4.69, 9.17) is 10.5 Å². The number of thiophene rings is 1. The zero-order valence-corrected chi connectivity index (χ0v) is 15.4. The van der Waals surface area contributed by atoms with E-state index in [1.165, 1.54) is 17.8 Å². The lowest BCUT2D eigenvalue weighted by Crippen LogP contribution is -2.35. The van der Waals surface area contributed by atoms with Gasteiger partial charge in [-0.25, -0.2) is 9.97 Å². The molecule has 26 heavy (non-hydrogen) atoms. The Morgan fingerprint density at radius 3 is 2.58 bits per heavy atom.